The average Bonchev–Trinajstić information content (AvgIpc) is 3.65. The molecule has 42 heavy (non-hydrogen) atoms. The zero-order valence-corrected chi connectivity index (χ0v) is 25.5. The maximum atomic E-state index is 12.1. The Morgan fingerprint density at radius 2 is 1.62 bits per heavy atom. The molecular formula is C29H19N2O6S5-. The van der Waals surface area contributed by atoms with E-state index in [1.807, 2.05) is 84.2 Å². The molecule has 0 atom stereocenters. The number of hydrogen-bond acceptors (Lipinski definition) is 10. The minimum Gasteiger partial charge on any atom is -0.747 e. The smallest absolute Gasteiger partial charge is 0.266 e. The maximum Gasteiger partial charge on any atom is 0.266 e. The van der Waals surface area contributed by atoms with Gasteiger partial charge < -0.3 is 14.0 Å². The maximum absolute atomic E-state index is 12.1. The van der Waals surface area contributed by atoms with Gasteiger partial charge in [0, 0.05) is 9.77 Å². The van der Waals surface area contributed by atoms with Crippen LogP contribution in [0, 0.1) is 0 Å². The lowest BCUT2D eigenvalue weighted by Gasteiger charge is -2.22. The van der Waals surface area contributed by atoms with Crippen molar-refractivity contribution in [2.45, 2.75) is 10.8 Å². The standard InChI is InChI=1S/C29H20N2O6S5/c32-41(33,34)16-30-23-14-21(24-6-3-11-38-24)8-9-25(23)39-27(30)15-28-31(17-42(35,36)37)29-22-13-19-5-2-1-4-18(19)12-20(22)7-10-26(29)40-28/h1-15H,16-17H2,(H-,32,33,34,35,36,37)/p-1. The molecule has 13 heteroatoms. The van der Waals surface area contributed by atoms with Crippen LogP contribution in [-0.2, 0) is 26.1 Å². The van der Waals surface area contributed by atoms with E-state index in [0.717, 1.165) is 41.6 Å². The molecule has 6 aromatic rings. The first kappa shape index (κ1) is 27.5. The summed E-state index contributed by atoms with van der Waals surface area (Å²) in [5.74, 6) is -1.61. The van der Waals surface area contributed by atoms with E-state index >= 15 is 0 Å². The number of thiophene rings is 1. The highest BCUT2D eigenvalue weighted by molar-refractivity contribution is 8.04. The third-order valence-corrected chi connectivity index (χ3v) is 11.2. The van der Waals surface area contributed by atoms with Crippen LogP contribution in [0.3, 0.4) is 0 Å². The lowest BCUT2D eigenvalue weighted by molar-refractivity contribution is -0.648. The first-order valence-corrected chi connectivity index (χ1v) is 18.2. The van der Waals surface area contributed by atoms with Crippen LogP contribution < -0.4 is 9.47 Å². The second kappa shape index (κ2) is 10.2. The number of benzene rings is 4. The van der Waals surface area contributed by atoms with Gasteiger partial charge in [-0.15, -0.1) is 11.3 Å². The topological polar surface area (TPSA) is 122 Å². The van der Waals surface area contributed by atoms with Crippen molar-refractivity contribution in [1.82, 2.24) is 0 Å². The number of hydrogen-bond donors (Lipinski definition) is 0. The molecule has 0 N–H and O–H groups in total. The molecule has 1 aliphatic heterocycles. The number of nitrogens with zero attached hydrogens (tertiary/aromatic N) is 2. The minimum atomic E-state index is -4.71. The molecule has 0 fully saturated rings. The fraction of sp³-hybridized carbons (Fsp3) is 0.0690. The van der Waals surface area contributed by atoms with Gasteiger partial charge in [0.25, 0.3) is 5.01 Å². The summed E-state index contributed by atoms with van der Waals surface area (Å²) in [5.41, 5.74) is 2.04. The zero-order valence-electron chi connectivity index (χ0n) is 21.5. The molecule has 0 saturated carbocycles. The Bertz CT molecular complexity index is 2290. The van der Waals surface area contributed by atoms with Crippen molar-refractivity contribution >= 4 is 98.2 Å². The first-order valence-electron chi connectivity index (χ1n) is 12.5. The molecular weight excluding hydrogens is 633 g/mol. The molecule has 0 radical (unpaired) electrons. The van der Waals surface area contributed by atoms with E-state index in [1.54, 1.807) is 17.4 Å². The highest BCUT2D eigenvalue weighted by atomic mass is 32.2. The fourth-order valence-corrected chi connectivity index (χ4v) is 9.55. The van der Waals surface area contributed by atoms with E-state index in [4.69, 9.17) is 0 Å². The van der Waals surface area contributed by atoms with Crippen LogP contribution >= 0.6 is 34.4 Å². The summed E-state index contributed by atoms with van der Waals surface area (Å²) >= 11 is 4.11. The van der Waals surface area contributed by atoms with E-state index < -0.39 is 32.0 Å². The summed E-state index contributed by atoms with van der Waals surface area (Å²) in [6.45, 7) is 0. The molecule has 0 unspecified atom stereocenters. The van der Waals surface area contributed by atoms with E-state index in [9.17, 15) is 25.9 Å². The number of thiazole rings is 1. The van der Waals surface area contributed by atoms with E-state index in [2.05, 4.69) is 0 Å². The van der Waals surface area contributed by atoms with Gasteiger partial charge in [-0.2, -0.15) is 4.57 Å². The van der Waals surface area contributed by atoms with Crippen LogP contribution in [0.15, 0.2) is 94.2 Å². The second-order valence-corrected chi connectivity index (χ2v) is 15.6. The van der Waals surface area contributed by atoms with Gasteiger partial charge in [0.1, 0.15) is 20.7 Å². The molecule has 7 rings (SSSR count). The SMILES string of the molecule is O=S(=O)([O-])CN1C(=Cc2sc3ccc4cc5ccccc5cc4c3[n+]2CS(=O)(=O)[O-])Sc2ccc(-c3cccs3)cc21. The molecule has 0 spiro atoms. The number of anilines is 1. The molecule has 8 nitrogen and oxygen atoms in total. The molecule has 1 aliphatic rings. The minimum absolute atomic E-state index is 0.436. The largest absolute Gasteiger partial charge is 0.747 e. The summed E-state index contributed by atoms with van der Waals surface area (Å²) in [5, 5.41) is 6.49. The summed E-state index contributed by atoms with van der Waals surface area (Å²) in [6, 6.07) is 25.2. The highest BCUT2D eigenvalue weighted by Gasteiger charge is 2.31. The Hall–Kier alpha value is -3.30. The van der Waals surface area contributed by atoms with Gasteiger partial charge in [-0.1, -0.05) is 65.6 Å². The summed E-state index contributed by atoms with van der Waals surface area (Å²) in [4.78, 5) is 3.18. The van der Waals surface area contributed by atoms with Crippen molar-refractivity contribution in [2.75, 3.05) is 10.8 Å². The first-order chi connectivity index (χ1) is 20.0. The normalized spacial score (nSPS) is 14.9. The van der Waals surface area contributed by atoms with Crippen molar-refractivity contribution in [2.24, 2.45) is 0 Å². The Morgan fingerprint density at radius 1 is 0.833 bits per heavy atom. The molecule has 2 aromatic heterocycles. The summed E-state index contributed by atoms with van der Waals surface area (Å²) < 4.78 is 74.6. The van der Waals surface area contributed by atoms with Crippen LogP contribution in [-0.4, -0.2) is 31.8 Å². The number of thioether (sulfide) groups is 1. The van der Waals surface area contributed by atoms with Crippen LogP contribution in [0.5, 0.6) is 0 Å². The van der Waals surface area contributed by atoms with Crippen molar-refractivity contribution in [3.05, 3.63) is 94.3 Å². The molecule has 0 saturated heterocycles. The van der Waals surface area contributed by atoms with Gasteiger partial charge >= 0.3 is 0 Å². The number of rotatable bonds is 6. The van der Waals surface area contributed by atoms with Gasteiger partial charge in [-0.3, -0.25) is 0 Å². The Kier molecular flexibility index (Phi) is 6.66. The van der Waals surface area contributed by atoms with Crippen molar-refractivity contribution in [3.63, 3.8) is 0 Å². The third kappa shape index (κ3) is 5.22. The molecule has 0 bridgehead atoms. The predicted octanol–water partition coefficient (Wildman–Crippen LogP) is 6.14. The second-order valence-electron chi connectivity index (χ2n) is 9.75. The lowest BCUT2D eigenvalue weighted by atomic mass is 10.0. The van der Waals surface area contributed by atoms with Crippen molar-refractivity contribution < 1.29 is 30.5 Å². The molecule has 3 heterocycles. The van der Waals surface area contributed by atoms with Crippen LogP contribution in [0.1, 0.15) is 5.01 Å². The van der Waals surface area contributed by atoms with Crippen LogP contribution in [0.25, 0.3) is 48.3 Å². The monoisotopic (exact) mass is 651 g/mol. The summed E-state index contributed by atoms with van der Waals surface area (Å²) in [6.07, 6.45) is 1.66. The zero-order chi connectivity index (χ0) is 29.2. The average molecular weight is 652 g/mol. The summed E-state index contributed by atoms with van der Waals surface area (Å²) in [7, 11) is -9.39. The van der Waals surface area contributed by atoms with Crippen molar-refractivity contribution in [3.8, 4) is 10.4 Å². The van der Waals surface area contributed by atoms with E-state index in [-0.39, 0.29) is 0 Å². The quantitative estimate of drug-likeness (QED) is 0.120. The van der Waals surface area contributed by atoms with Crippen LogP contribution in [0.4, 0.5) is 5.69 Å². The molecule has 0 aliphatic carbocycles. The third-order valence-electron chi connectivity index (χ3n) is 6.93. The van der Waals surface area contributed by atoms with E-state index in [1.165, 1.54) is 32.6 Å². The lowest BCUT2D eigenvalue weighted by Crippen LogP contribution is -2.39. The van der Waals surface area contributed by atoms with Crippen molar-refractivity contribution in [1.29, 1.82) is 0 Å². The van der Waals surface area contributed by atoms with Crippen LogP contribution in [0.2, 0.25) is 0 Å². The Morgan fingerprint density at radius 3 is 2.33 bits per heavy atom. The highest BCUT2D eigenvalue weighted by Crippen LogP contribution is 2.49. The molecule has 212 valence electrons. The van der Waals surface area contributed by atoms with Gasteiger partial charge in [0.05, 0.1) is 22.2 Å². The van der Waals surface area contributed by atoms with E-state index in [0.29, 0.717) is 21.2 Å². The Labute approximate surface area is 253 Å². The van der Waals surface area contributed by atoms with Gasteiger partial charge in [-0.25, -0.2) is 16.8 Å². The Balaban J connectivity index is 1.44. The number of fused-ring (bicyclic) bond motifs is 5. The van der Waals surface area contributed by atoms with Gasteiger partial charge in [-0.05, 0) is 63.5 Å². The number of aromatic nitrogens is 1. The van der Waals surface area contributed by atoms with Gasteiger partial charge in [0.2, 0.25) is 11.4 Å². The molecule has 4 aromatic carbocycles. The van der Waals surface area contributed by atoms with Gasteiger partial charge in [0.15, 0.2) is 10.1 Å². The predicted molar refractivity (Wildman–Crippen MR) is 167 cm³/mol. The fourth-order valence-electron chi connectivity index (χ4n) is 5.21. The molecule has 0 amide bonds.